The third kappa shape index (κ3) is 2.42. The zero-order chi connectivity index (χ0) is 14.2. The molecule has 2 heterocycles. The van der Waals surface area contributed by atoms with E-state index in [0.717, 1.165) is 32.4 Å². The molecule has 4 nitrogen and oxygen atoms in total. The highest BCUT2D eigenvalue weighted by Crippen LogP contribution is 2.39. The fourth-order valence-corrected chi connectivity index (χ4v) is 4.59. The summed E-state index contributed by atoms with van der Waals surface area (Å²) in [6, 6.07) is 0.281. The van der Waals surface area contributed by atoms with Crippen molar-refractivity contribution in [3.8, 4) is 0 Å². The van der Waals surface area contributed by atoms with E-state index in [0.29, 0.717) is 5.92 Å². The average Bonchev–Trinajstić information content (AvgIpc) is 3.15. The molecule has 0 spiro atoms. The van der Waals surface area contributed by atoms with Gasteiger partial charge in [-0.3, -0.25) is 0 Å². The quantitative estimate of drug-likeness (QED) is 0.880. The predicted octanol–water partition coefficient (Wildman–Crippen LogP) is 2.66. The first-order valence-corrected chi connectivity index (χ1v) is 8.83. The van der Waals surface area contributed by atoms with Crippen molar-refractivity contribution in [2.75, 3.05) is 6.54 Å². The van der Waals surface area contributed by atoms with Crippen molar-refractivity contribution in [1.29, 1.82) is 0 Å². The van der Waals surface area contributed by atoms with Crippen LogP contribution in [0.5, 0.6) is 0 Å². The van der Waals surface area contributed by atoms with Crippen LogP contribution in [-0.4, -0.2) is 27.3 Å². The summed E-state index contributed by atoms with van der Waals surface area (Å²) in [6.45, 7) is 1.95. The second kappa shape index (κ2) is 5.73. The van der Waals surface area contributed by atoms with Crippen LogP contribution in [0.2, 0.25) is 0 Å². The van der Waals surface area contributed by atoms with Crippen LogP contribution in [0.4, 0.5) is 0 Å². The van der Waals surface area contributed by atoms with Gasteiger partial charge in [-0.05, 0) is 25.7 Å². The average molecular weight is 289 g/mol. The van der Waals surface area contributed by atoms with Gasteiger partial charge in [-0.1, -0.05) is 25.7 Å². The third-order valence-corrected chi connectivity index (χ3v) is 5.70. The van der Waals surface area contributed by atoms with Gasteiger partial charge in [-0.25, -0.2) is 4.98 Å². The van der Waals surface area contributed by atoms with Gasteiger partial charge in [0.05, 0.1) is 17.8 Å². The van der Waals surface area contributed by atoms with E-state index in [2.05, 4.69) is 9.88 Å². The summed E-state index contributed by atoms with van der Waals surface area (Å²) in [4.78, 5) is 5.03. The van der Waals surface area contributed by atoms with Gasteiger partial charge in [0.1, 0.15) is 5.82 Å². The smallest absolute Gasteiger partial charge is 0.112 e. The van der Waals surface area contributed by atoms with Gasteiger partial charge in [0.15, 0.2) is 0 Å². The van der Waals surface area contributed by atoms with Crippen LogP contribution < -0.4 is 5.32 Å². The monoisotopic (exact) mass is 289 g/mol. The highest BCUT2D eigenvalue weighted by atomic mass is 16.3. The lowest BCUT2D eigenvalue weighted by molar-refractivity contribution is 0.0720. The Morgan fingerprint density at radius 1 is 1.05 bits per heavy atom. The van der Waals surface area contributed by atoms with Gasteiger partial charge in [0.2, 0.25) is 0 Å². The number of nitrogens with one attached hydrogen (secondary N) is 1. The summed E-state index contributed by atoms with van der Waals surface area (Å²) in [5, 5.41) is 14.0. The van der Waals surface area contributed by atoms with Crippen LogP contribution in [0.1, 0.15) is 80.5 Å². The van der Waals surface area contributed by atoms with E-state index in [4.69, 9.17) is 4.98 Å². The Balaban J connectivity index is 1.76. The summed E-state index contributed by atoms with van der Waals surface area (Å²) in [5.74, 6) is 1.93. The van der Waals surface area contributed by atoms with Gasteiger partial charge in [0.25, 0.3) is 0 Å². The van der Waals surface area contributed by atoms with E-state index in [1.54, 1.807) is 0 Å². The maximum atomic E-state index is 10.5. The predicted molar refractivity (Wildman–Crippen MR) is 82.4 cm³/mol. The zero-order valence-corrected chi connectivity index (χ0v) is 12.9. The number of imidazole rings is 1. The fraction of sp³-hybridized carbons (Fsp3) is 0.824. The molecule has 2 unspecified atom stereocenters. The van der Waals surface area contributed by atoms with E-state index in [1.807, 2.05) is 0 Å². The molecule has 0 aromatic carbocycles. The topological polar surface area (TPSA) is 50.1 Å². The lowest BCUT2D eigenvalue weighted by Crippen LogP contribution is -2.32. The van der Waals surface area contributed by atoms with Gasteiger partial charge in [-0.2, -0.15) is 0 Å². The Labute approximate surface area is 127 Å². The minimum Gasteiger partial charge on any atom is -0.391 e. The van der Waals surface area contributed by atoms with Crippen molar-refractivity contribution < 1.29 is 5.11 Å². The summed E-state index contributed by atoms with van der Waals surface area (Å²) in [7, 11) is 0. The Hall–Kier alpha value is -0.870. The first-order valence-electron chi connectivity index (χ1n) is 8.83. The molecule has 4 heteroatoms. The second-order valence-electron chi connectivity index (χ2n) is 7.06. The van der Waals surface area contributed by atoms with Crippen LogP contribution in [-0.2, 0) is 13.0 Å². The molecule has 2 aliphatic carbocycles. The molecular formula is C17H27N3O. The highest BCUT2D eigenvalue weighted by Gasteiger charge is 2.34. The minimum absolute atomic E-state index is 0.174. The number of rotatable bonds is 2. The van der Waals surface area contributed by atoms with E-state index in [9.17, 15) is 5.11 Å². The first kappa shape index (κ1) is 13.8. The van der Waals surface area contributed by atoms with Crippen molar-refractivity contribution >= 4 is 0 Å². The fourth-order valence-electron chi connectivity index (χ4n) is 4.59. The lowest BCUT2D eigenvalue weighted by atomic mass is 9.91. The molecule has 1 aliphatic heterocycles. The molecule has 3 aliphatic rings. The Bertz CT molecular complexity index is 504. The lowest BCUT2D eigenvalue weighted by Gasteiger charge is -2.33. The van der Waals surface area contributed by atoms with E-state index in [-0.39, 0.29) is 12.1 Å². The molecule has 0 amide bonds. The standard InChI is InChI=1S/C17H27N3O/c21-16-8-4-3-7-15(16)20-14-9-10-18-11-13(14)19-17(20)12-5-1-2-6-12/h12,15-16,18,21H,1-11H2. The highest BCUT2D eigenvalue weighted by molar-refractivity contribution is 5.24. The number of fused-ring (bicyclic) bond motifs is 1. The molecule has 116 valence electrons. The summed E-state index contributed by atoms with van der Waals surface area (Å²) >= 11 is 0. The van der Waals surface area contributed by atoms with E-state index in [1.165, 1.54) is 55.7 Å². The maximum Gasteiger partial charge on any atom is 0.112 e. The van der Waals surface area contributed by atoms with E-state index < -0.39 is 0 Å². The molecular weight excluding hydrogens is 262 g/mol. The van der Waals surface area contributed by atoms with Gasteiger partial charge < -0.3 is 15.0 Å². The minimum atomic E-state index is -0.174. The van der Waals surface area contributed by atoms with Crippen molar-refractivity contribution in [3.05, 3.63) is 17.2 Å². The van der Waals surface area contributed by atoms with E-state index >= 15 is 0 Å². The first-order chi connectivity index (χ1) is 10.3. The Kier molecular flexibility index (Phi) is 3.76. The molecule has 0 bridgehead atoms. The number of hydrogen-bond acceptors (Lipinski definition) is 3. The summed E-state index contributed by atoms with van der Waals surface area (Å²) < 4.78 is 2.50. The van der Waals surface area contributed by atoms with Gasteiger partial charge in [-0.15, -0.1) is 0 Å². The molecule has 1 aromatic heterocycles. The molecule has 2 atom stereocenters. The molecule has 4 rings (SSSR count). The molecule has 1 aromatic rings. The van der Waals surface area contributed by atoms with Gasteiger partial charge in [0, 0.05) is 31.1 Å². The number of aliphatic hydroxyl groups excluding tert-OH is 1. The van der Waals surface area contributed by atoms with Crippen LogP contribution >= 0.6 is 0 Å². The molecule has 2 N–H and O–H groups in total. The van der Waals surface area contributed by atoms with Crippen LogP contribution in [0.3, 0.4) is 0 Å². The maximum absolute atomic E-state index is 10.5. The van der Waals surface area contributed by atoms with Crippen LogP contribution in [0.15, 0.2) is 0 Å². The molecule has 21 heavy (non-hydrogen) atoms. The Morgan fingerprint density at radius 2 is 1.81 bits per heavy atom. The summed E-state index contributed by atoms with van der Waals surface area (Å²) in [6.07, 6.45) is 10.6. The molecule has 2 saturated carbocycles. The normalized spacial score (nSPS) is 30.5. The number of hydrogen-bond donors (Lipinski definition) is 2. The largest absolute Gasteiger partial charge is 0.391 e. The Morgan fingerprint density at radius 3 is 2.62 bits per heavy atom. The molecule has 2 fully saturated rings. The zero-order valence-electron chi connectivity index (χ0n) is 12.9. The van der Waals surface area contributed by atoms with Gasteiger partial charge >= 0.3 is 0 Å². The second-order valence-corrected chi connectivity index (χ2v) is 7.06. The van der Waals surface area contributed by atoms with Crippen LogP contribution in [0.25, 0.3) is 0 Å². The van der Waals surface area contributed by atoms with Crippen molar-refractivity contribution in [2.45, 2.75) is 82.4 Å². The number of nitrogens with zero attached hydrogens (tertiary/aromatic N) is 2. The summed E-state index contributed by atoms with van der Waals surface area (Å²) in [5.41, 5.74) is 2.67. The van der Waals surface area contributed by atoms with Crippen LogP contribution in [0, 0.1) is 0 Å². The van der Waals surface area contributed by atoms with Crippen molar-refractivity contribution in [3.63, 3.8) is 0 Å². The molecule has 0 radical (unpaired) electrons. The molecule has 0 saturated heterocycles. The number of aliphatic hydroxyl groups is 1. The van der Waals surface area contributed by atoms with Crippen molar-refractivity contribution in [1.82, 2.24) is 14.9 Å². The third-order valence-electron chi connectivity index (χ3n) is 5.70. The number of aromatic nitrogens is 2. The van der Waals surface area contributed by atoms with Crippen molar-refractivity contribution in [2.24, 2.45) is 0 Å². The SMILES string of the molecule is OC1CCCCC1n1c(C2CCCC2)nc2c1CCNC2.